The van der Waals surface area contributed by atoms with Gasteiger partial charge in [0.1, 0.15) is 24.8 Å². The number of carbonyl (C=O) groups is 1. The third-order valence-corrected chi connectivity index (χ3v) is 5.17. The highest BCUT2D eigenvalue weighted by Crippen LogP contribution is 2.31. The summed E-state index contributed by atoms with van der Waals surface area (Å²) in [5.74, 6) is 1.06. The van der Waals surface area contributed by atoms with Crippen molar-refractivity contribution in [2.75, 3.05) is 13.2 Å². The largest absolute Gasteiger partial charge is 0.486 e. The van der Waals surface area contributed by atoms with Crippen molar-refractivity contribution >= 4 is 28.9 Å². The summed E-state index contributed by atoms with van der Waals surface area (Å²) in [6.45, 7) is 1.20. The van der Waals surface area contributed by atoms with E-state index in [9.17, 15) is 4.79 Å². The summed E-state index contributed by atoms with van der Waals surface area (Å²) in [5, 5.41) is 3.44. The van der Waals surface area contributed by atoms with Gasteiger partial charge in [0, 0.05) is 16.0 Å². The van der Waals surface area contributed by atoms with Gasteiger partial charge in [-0.3, -0.25) is 4.79 Å². The van der Waals surface area contributed by atoms with Crippen LogP contribution in [0.3, 0.4) is 0 Å². The normalized spacial score (nSPS) is 12.6. The fourth-order valence-corrected chi connectivity index (χ4v) is 3.60. The van der Waals surface area contributed by atoms with Gasteiger partial charge in [-0.15, -0.1) is 11.3 Å². The van der Waals surface area contributed by atoms with E-state index in [4.69, 9.17) is 25.8 Å². The molecule has 138 valence electrons. The number of fused-ring (bicyclic) bond motifs is 1. The second kappa shape index (κ2) is 7.98. The third-order valence-electron chi connectivity index (χ3n) is 3.98. The molecule has 0 radical (unpaired) electrons. The molecule has 1 aromatic heterocycles. The molecule has 4 rings (SSSR count). The summed E-state index contributed by atoms with van der Waals surface area (Å²) >= 11 is 7.41. The van der Waals surface area contributed by atoms with Crippen molar-refractivity contribution in [1.82, 2.24) is 4.98 Å². The van der Waals surface area contributed by atoms with Gasteiger partial charge in [0.05, 0.1) is 12.1 Å². The SMILES string of the molecule is O=C(Cc1ccc2c(c1)OCCO2)OCc1csc(-c2ccc(Cl)cc2)n1. The molecule has 1 aliphatic rings. The van der Waals surface area contributed by atoms with Gasteiger partial charge in [-0.05, 0) is 29.8 Å². The lowest BCUT2D eigenvalue weighted by molar-refractivity contribution is -0.144. The Morgan fingerprint density at radius 1 is 1.11 bits per heavy atom. The average molecular weight is 402 g/mol. The topological polar surface area (TPSA) is 57.7 Å². The van der Waals surface area contributed by atoms with Crippen molar-refractivity contribution in [2.45, 2.75) is 13.0 Å². The van der Waals surface area contributed by atoms with Crippen molar-refractivity contribution in [2.24, 2.45) is 0 Å². The summed E-state index contributed by atoms with van der Waals surface area (Å²) in [5.41, 5.74) is 2.53. The molecule has 0 saturated carbocycles. The molecular formula is C20H16ClNO4S. The maximum absolute atomic E-state index is 12.1. The van der Waals surface area contributed by atoms with E-state index in [-0.39, 0.29) is 19.0 Å². The lowest BCUT2D eigenvalue weighted by atomic mass is 10.1. The summed E-state index contributed by atoms with van der Waals surface area (Å²) < 4.78 is 16.4. The lowest BCUT2D eigenvalue weighted by Crippen LogP contribution is -2.16. The van der Waals surface area contributed by atoms with E-state index in [1.165, 1.54) is 11.3 Å². The summed E-state index contributed by atoms with van der Waals surface area (Å²) in [6.07, 6.45) is 0.171. The van der Waals surface area contributed by atoms with Gasteiger partial charge in [-0.2, -0.15) is 0 Å². The number of esters is 1. The molecule has 0 bridgehead atoms. The predicted octanol–water partition coefficient (Wildman–Crippen LogP) is 4.52. The summed E-state index contributed by atoms with van der Waals surface area (Å²) in [6, 6.07) is 13.0. The van der Waals surface area contributed by atoms with Gasteiger partial charge in [0.25, 0.3) is 0 Å². The van der Waals surface area contributed by atoms with E-state index in [0.717, 1.165) is 21.8 Å². The Hall–Kier alpha value is -2.57. The van der Waals surface area contributed by atoms with E-state index in [1.807, 2.05) is 47.8 Å². The summed E-state index contributed by atoms with van der Waals surface area (Å²) in [4.78, 5) is 16.6. The Morgan fingerprint density at radius 2 is 1.89 bits per heavy atom. The molecule has 27 heavy (non-hydrogen) atoms. The first-order valence-electron chi connectivity index (χ1n) is 8.42. The Balaban J connectivity index is 1.34. The molecule has 2 aromatic carbocycles. The zero-order valence-corrected chi connectivity index (χ0v) is 15.9. The number of benzene rings is 2. The molecule has 0 unspecified atom stereocenters. The molecule has 3 aromatic rings. The molecule has 2 heterocycles. The van der Waals surface area contributed by atoms with Crippen LogP contribution in [0.1, 0.15) is 11.3 Å². The van der Waals surface area contributed by atoms with Crippen LogP contribution in [-0.2, 0) is 22.6 Å². The van der Waals surface area contributed by atoms with Crippen molar-refractivity contribution in [3.63, 3.8) is 0 Å². The Morgan fingerprint density at radius 3 is 2.70 bits per heavy atom. The minimum atomic E-state index is -0.312. The van der Waals surface area contributed by atoms with Gasteiger partial charge in [-0.25, -0.2) is 4.98 Å². The predicted molar refractivity (Wildman–Crippen MR) is 103 cm³/mol. The first kappa shape index (κ1) is 17.8. The highest BCUT2D eigenvalue weighted by atomic mass is 35.5. The van der Waals surface area contributed by atoms with Crippen LogP contribution in [0.25, 0.3) is 10.6 Å². The van der Waals surface area contributed by atoms with Crippen molar-refractivity contribution < 1.29 is 19.0 Å². The van der Waals surface area contributed by atoms with Gasteiger partial charge in [-0.1, -0.05) is 29.8 Å². The van der Waals surface area contributed by atoms with Gasteiger partial charge in [0.15, 0.2) is 11.5 Å². The quantitative estimate of drug-likeness (QED) is 0.588. The minimum absolute atomic E-state index is 0.146. The zero-order chi connectivity index (χ0) is 18.6. The first-order chi connectivity index (χ1) is 13.2. The molecular weight excluding hydrogens is 386 g/mol. The molecule has 0 atom stereocenters. The van der Waals surface area contributed by atoms with E-state index in [0.29, 0.717) is 29.7 Å². The molecule has 1 aliphatic heterocycles. The second-order valence-corrected chi connectivity index (χ2v) is 7.26. The standard InChI is InChI=1S/C20H16ClNO4S/c21-15-4-2-14(3-5-15)20-22-16(12-27-20)11-26-19(23)10-13-1-6-17-18(9-13)25-8-7-24-17/h1-6,9,12H,7-8,10-11H2. The Bertz CT molecular complexity index is 955. The van der Waals surface area contributed by atoms with Crippen molar-refractivity contribution in [3.05, 3.63) is 64.1 Å². The maximum atomic E-state index is 12.1. The third kappa shape index (κ3) is 4.40. The van der Waals surface area contributed by atoms with Crippen molar-refractivity contribution in [3.8, 4) is 22.1 Å². The van der Waals surface area contributed by atoms with Crippen LogP contribution in [-0.4, -0.2) is 24.2 Å². The Labute approximate surface area is 165 Å². The van der Waals surface area contributed by atoms with Crippen LogP contribution in [0, 0.1) is 0 Å². The smallest absolute Gasteiger partial charge is 0.310 e. The van der Waals surface area contributed by atoms with Crippen LogP contribution in [0.15, 0.2) is 47.8 Å². The van der Waals surface area contributed by atoms with Crippen LogP contribution in [0.4, 0.5) is 0 Å². The van der Waals surface area contributed by atoms with Crippen LogP contribution in [0.5, 0.6) is 11.5 Å². The summed E-state index contributed by atoms with van der Waals surface area (Å²) in [7, 11) is 0. The number of carbonyl (C=O) groups excluding carboxylic acids is 1. The fraction of sp³-hybridized carbons (Fsp3) is 0.200. The molecule has 0 aliphatic carbocycles. The van der Waals surface area contributed by atoms with Gasteiger partial charge < -0.3 is 14.2 Å². The molecule has 5 nitrogen and oxygen atoms in total. The number of halogens is 1. The highest BCUT2D eigenvalue weighted by Gasteiger charge is 2.14. The molecule has 0 spiro atoms. The number of hydrogen-bond donors (Lipinski definition) is 0. The molecule has 0 amide bonds. The van der Waals surface area contributed by atoms with E-state index in [1.54, 1.807) is 0 Å². The molecule has 7 heteroatoms. The van der Waals surface area contributed by atoms with E-state index >= 15 is 0 Å². The molecule has 0 saturated heterocycles. The van der Waals surface area contributed by atoms with Crippen LogP contribution < -0.4 is 9.47 Å². The van der Waals surface area contributed by atoms with Crippen LogP contribution in [0.2, 0.25) is 5.02 Å². The highest BCUT2D eigenvalue weighted by molar-refractivity contribution is 7.13. The van der Waals surface area contributed by atoms with E-state index in [2.05, 4.69) is 4.98 Å². The minimum Gasteiger partial charge on any atom is -0.486 e. The zero-order valence-electron chi connectivity index (χ0n) is 14.3. The molecule has 0 N–H and O–H groups in total. The number of ether oxygens (including phenoxy) is 3. The van der Waals surface area contributed by atoms with E-state index < -0.39 is 0 Å². The molecule has 0 fully saturated rings. The first-order valence-corrected chi connectivity index (χ1v) is 9.67. The maximum Gasteiger partial charge on any atom is 0.310 e. The number of aromatic nitrogens is 1. The second-order valence-electron chi connectivity index (χ2n) is 5.97. The van der Waals surface area contributed by atoms with Crippen molar-refractivity contribution in [1.29, 1.82) is 0 Å². The number of rotatable bonds is 5. The van der Waals surface area contributed by atoms with Crippen LogP contribution >= 0.6 is 22.9 Å². The van der Waals surface area contributed by atoms with Gasteiger partial charge in [0.2, 0.25) is 0 Å². The fourth-order valence-electron chi connectivity index (χ4n) is 2.67. The average Bonchev–Trinajstić information content (AvgIpc) is 3.16. The lowest BCUT2D eigenvalue weighted by Gasteiger charge is -2.18. The number of nitrogens with zero attached hydrogens (tertiary/aromatic N) is 1. The monoisotopic (exact) mass is 401 g/mol. The van der Waals surface area contributed by atoms with Gasteiger partial charge >= 0.3 is 5.97 Å². The number of thiazole rings is 1. The number of hydrogen-bond acceptors (Lipinski definition) is 6. The Kier molecular flexibility index (Phi) is 5.27.